The fourth-order valence-electron chi connectivity index (χ4n) is 4.24. The quantitative estimate of drug-likeness (QED) is 0.409. The second kappa shape index (κ2) is 9.42. The van der Waals surface area contributed by atoms with E-state index in [-0.39, 0.29) is 18.2 Å². The zero-order chi connectivity index (χ0) is 24.4. The van der Waals surface area contributed by atoms with Crippen molar-refractivity contribution in [1.82, 2.24) is 14.7 Å². The van der Waals surface area contributed by atoms with Crippen molar-refractivity contribution < 1.29 is 17.9 Å². The second-order valence-corrected chi connectivity index (χ2v) is 10.5. The third kappa shape index (κ3) is 4.85. The molecule has 5 rings (SSSR count). The average molecular weight is 491 g/mol. The molecule has 0 radical (unpaired) electrons. The van der Waals surface area contributed by atoms with Gasteiger partial charge in [0.25, 0.3) is 5.91 Å². The Bertz CT molecular complexity index is 1480. The molecule has 4 aromatic rings. The molecule has 0 aliphatic carbocycles. The van der Waals surface area contributed by atoms with Gasteiger partial charge < -0.3 is 14.5 Å². The van der Waals surface area contributed by atoms with E-state index in [0.29, 0.717) is 30.9 Å². The molecule has 9 heteroatoms. The molecule has 0 atom stereocenters. The minimum Gasteiger partial charge on any atom is -0.487 e. The maximum Gasteiger partial charge on any atom is 0.251 e. The molecule has 1 aliphatic heterocycles. The first-order valence-corrected chi connectivity index (χ1v) is 13.0. The number of carbonyl (C=O) groups excluding carboxylic acids is 1. The Kier molecular flexibility index (Phi) is 6.17. The molecular weight excluding hydrogens is 464 g/mol. The van der Waals surface area contributed by atoms with Crippen molar-refractivity contribution in [2.24, 2.45) is 0 Å². The van der Waals surface area contributed by atoms with Gasteiger partial charge in [0.1, 0.15) is 18.0 Å². The number of ether oxygens (including phenoxy) is 1. The monoisotopic (exact) mass is 490 g/mol. The molecular formula is C26H26N4O4S. The van der Waals surface area contributed by atoms with Crippen LogP contribution in [0, 0.1) is 6.92 Å². The Labute approximate surface area is 204 Å². The van der Waals surface area contributed by atoms with Gasteiger partial charge >= 0.3 is 0 Å². The molecule has 2 aromatic heterocycles. The molecule has 1 amide bonds. The lowest BCUT2D eigenvalue weighted by Gasteiger charge is -2.19. The van der Waals surface area contributed by atoms with Gasteiger partial charge in [0.2, 0.25) is 10.0 Å². The van der Waals surface area contributed by atoms with E-state index in [2.05, 4.69) is 10.3 Å². The Morgan fingerprint density at radius 1 is 1.09 bits per heavy atom. The van der Waals surface area contributed by atoms with Crippen LogP contribution in [0.4, 0.5) is 5.69 Å². The summed E-state index contributed by atoms with van der Waals surface area (Å²) in [6.07, 6.45) is 4.58. The maximum atomic E-state index is 12.8. The first kappa shape index (κ1) is 22.9. The van der Waals surface area contributed by atoms with Gasteiger partial charge in [-0.2, -0.15) is 0 Å². The summed E-state index contributed by atoms with van der Waals surface area (Å²) in [7, 11) is -3.51. The number of fused-ring (bicyclic) bond motifs is 2. The lowest BCUT2D eigenvalue weighted by atomic mass is 10.2. The number of anilines is 1. The largest absolute Gasteiger partial charge is 0.487 e. The third-order valence-electron chi connectivity index (χ3n) is 6.06. The van der Waals surface area contributed by atoms with E-state index in [4.69, 9.17) is 4.74 Å². The van der Waals surface area contributed by atoms with E-state index in [1.807, 2.05) is 60.1 Å². The van der Waals surface area contributed by atoms with E-state index in [9.17, 15) is 13.2 Å². The lowest BCUT2D eigenvalue weighted by Crippen LogP contribution is -2.36. The van der Waals surface area contributed by atoms with Gasteiger partial charge in [-0.05, 0) is 60.9 Å². The van der Waals surface area contributed by atoms with Crippen molar-refractivity contribution >= 4 is 27.3 Å². The number of carbonyl (C=O) groups is 1. The molecule has 0 unspecified atom stereocenters. The van der Waals surface area contributed by atoms with Gasteiger partial charge in [-0.3, -0.25) is 9.10 Å². The molecule has 0 spiro atoms. The highest BCUT2D eigenvalue weighted by Gasteiger charge is 2.28. The minimum atomic E-state index is -3.51. The van der Waals surface area contributed by atoms with Crippen LogP contribution in [0.3, 0.4) is 0 Å². The van der Waals surface area contributed by atoms with Crippen LogP contribution < -0.4 is 14.4 Å². The van der Waals surface area contributed by atoms with Gasteiger partial charge in [0.15, 0.2) is 0 Å². The van der Waals surface area contributed by atoms with Gasteiger partial charge in [0, 0.05) is 31.0 Å². The van der Waals surface area contributed by atoms with Crippen LogP contribution in [-0.4, -0.2) is 42.6 Å². The first-order chi connectivity index (χ1) is 16.9. The van der Waals surface area contributed by atoms with Crippen LogP contribution in [0.1, 0.15) is 27.2 Å². The van der Waals surface area contributed by atoms with Gasteiger partial charge in [-0.1, -0.05) is 24.3 Å². The first-order valence-electron chi connectivity index (χ1n) is 11.4. The van der Waals surface area contributed by atoms with Crippen molar-refractivity contribution in [3.8, 4) is 5.75 Å². The summed E-state index contributed by atoms with van der Waals surface area (Å²) in [6.45, 7) is 2.79. The maximum absolute atomic E-state index is 12.8. The zero-order valence-corrected chi connectivity index (χ0v) is 20.2. The Morgan fingerprint density at radius 3 is 2.69 bits per heavy atom. The number of nitrogens with one attached hydrogen (secondary N) is 1. The summed E-state index contributed by atoms with van der Waals surface area (Å²) in [5.74, 6) is 0.127. The molecule has 2 aromatic carbocycles. The number of imidazole rings is 1. The zero-order valence-electron chi connectivity index (χ0n) is 19.3. The van der Waals surface area contributed by atoms with Gasteiger partial charge in [-0.25, -0.2) is 13.4 Å². The standard InChI is InChI=1S/C26H26N4O4S/c1-19-5-4-14-29-17-22(28-25(19)29)18-34-23-10-8-21(9-11-23)26(31)27-13-16-35(32,33)30-15-12-20-6-2-3-7-24(20)30/h2-11,14,17H,12-13,15-16,18H2,1H3,(H,27,31). The average Bonchev–Trinajstić information content (AvgIpc) is 3.48. The van der Waals surface area contributed by atoms with E-state index < -0.39 is 10.0 Å². The number of pyridine rings is 1. The second-order valence-electron chi connectivity index (χ2n) is 8.49. The summed E-state index contributed by atoms with van der Waals surface area (Å²) in [5.41, 5.74) is 4.99. The summed E-state index contributed by atoms with van der Waals surface area (Å²) in [5, 5.41) is 2.70. The molecule has 3 heterocycles. The van der Waals surface area contributed by atoms with Crippen LogP contribution in [0.15, 0.2) is 73.1 Å². The topological polar surface area (TPSA) is 93.0 Å². The van der Waals surface area contributed by atoms with E-state index in [0.717, 1.165) is 28.2 Å². The number of benzene rings is 2. The SMILES string of the molecule is Cc1cccn2cc(COc3ccc(C(=O)NCCS(=O)(=O)N4CCc5ccccc54)cc3)nc12. The molecule has 0 bridgehead atoms. The number of para-hydroxylation sites is 1. The van der Waals surface area contributed by atoms with Crippen LogP contribution in [0.2, 0.25) is 0 Å². The minimum absolute atomic E-state index is 0.0331. The number of hydrogen-bond donors (Lipinski definition) is 1. The number of sulfonamides is 1. The number of aryl methyl sites for hydroxylation is 1. The summed E-state index contributed by atoms with van der Waals surface area (Å²) in [6, 6.07) is 18.2. The third-order valence-corrected chi connectivity index (χ3v) is 7.83. The fourth-order valence-corrected chi connectivity index (χ4v) is 5.66. The molecule has 0 saturated carbocycles. The Balaban J connectivity index is 1.13. The van der Waals surface area contributed by atoms with Crippen molar-refractivity contribution in [1.29, 1.82) is 0 Å². The molecule has 8 nitrogen and oxygen atoms in total. The number of aromatic nitrogens is 2. The van der Waals surface area contributed by atoms with Crippen LogP contribution in [-0.2, 0) is 23.1 Å². The molecule has 180 valence electrons. The summed E-state index contributed by atoms with van der Waals surface area (Å²) >= 11 is 0. The van der Waals surface area contributed by atoms with E-state index in [1.54, 1.807) is 24.3 Å². The highest BCUT2D eigenvalue weighted by Crippen LogP contribution is 2.29. The van der Waals surface area contributed by atoms with E-state index >= 15 is 0 Å². The van der Waals surface area contributed by atoms with Crippen LogP contribution in [0.5, 0.6) is 5.75 Å². The van der Waals surface area contributed by atoms with Gasteiger partial charge in [-0.15, -0.1) is 0 Å². The van der Waals surface area contributed by atoms with Crippen molar-refractivity contribution in [2.45, 2.75) is 20.0 Å². The Hall–Kier alpha value is -3.85. The summed E-state index contributed by atoms with van der Waals surface area (Å²) in [4.78, 5) is 17.1. The Morgan fingerprint density at radius 2 is 1.89 bits per heavy atom. The summed E-state index contributed by atoms with van der Waals surface area (Å²) < 4.78 is 34.8. The molecule has 1 aliphatic rings. The predicted molar refractivity (Wildman–Crippen MR) is 134 cm³/mol. The molecule has 35 heavy (non-hydrogen) atoms. The molecule has 1 N–H and O–H groups in total. The number of rotatable bonds is 8. The number of nitrogens with zero attached hydrogens (tertiary/aromatic N) is 3. The highest BCUT2D eigenvalue weighted by molar-refractivity contribution is 7.92. The molecule has 0 fully saturated rings. The van der Waals surface area contributed by atoms with Gasteiger partial charge in [0.05, 0.1) is 17.1 Å². The fraction of sp³-hybridized carbons (Fsp3) is 0.231. The number of amides is 1. The predicted octanol–water partition coefficient (Wildman–Crippen LogP) is 3.34. The smallest absolute Gasteiger partial charge is 0.251 e. The molecule has 0 saturated heterocycles. The van der Waals surface area contributed by atoms with Crippen molar-refractivity contribution in [3.05, 3.63) is 95.4 Å². The van der Waals surface area contributed by atoms with Crippen LogP contribution >= 0.6 is 0 Å². The normalized spacial score (nSPS) is 13.1. The van der Waals surface area contributed by atoms with Crippen LogP contribution in [0.25, 0.3) is 5.65 Å². The lowest BCUT2D eigenvalue weighted by molar-refractivity contribution is 0.0956. The van der Waals surface area contributed by atoms with E-state index in [1.165, 1.54) is 4.31 Å². The van der Waals surface area contributed by atoms with Crippen molar-refractivity contribution in [2.75, 3.05) is 23.1 Å². The van der Waals surface area contributed by atoms with Crippen molar-refractivity contribution in [3.63, 3.8) is 0 Å². The highest BCUT2D eigenvalue weighted by atomic mass is 32.2. The number of hydrogen-bond acceptors (Lipinski definition) is 5.